The molecule has 31 heavy (non-hydrogen) atoms. The van der Waals surface area contributed by atoms with Gasteiger partial charge in [-0.15, -0.1) is 0 Å². The van der Waals surface area contributed by atoms with Crippen molar-refractivity contribution in [1.82, 2.24) is 25.1 Å². The Balaban J connectivity index is 1.46. The van der Waals surface area contributed by atoms with Gasteiger partial charge in [0, 0.05) is 12.1 Å². The van der Waals surface area contributed by atoms with Gasteiger partial charge in [-0.2, -0.15) is 5.10 Å². The molecule has 3 heterocycles. The average molecular weight is 417 g/mol. The summed E-state index contributed by atoms with van der Waals surface area (Å²) in [6.07, 6.45) is 5.34. The molecule has 4 aromatic rings. The highest BCUT2D eigenvalue weighted by Crippen LogP contribution is 2.28. The number of fused-ring (bicyclic) bond motifs is 2. The maximum Gasteiger partial charge on any atom is 0.164 e. The molecule has 1 saturated heterocycles. The molecular formula is C24H28N6O. The molecule has 0 bridgehead atoms. The summed E-state index contributed by atoms with van der Waals surface area (Å²) in [6.45, 7) is 5.71. The molecule has 2 aromatic heterocycles. The van der Waals surface area contributed by atoms with Gasteiger partial charge in [0.15, 0.2) is 11.5 Å². The third-order valence-electron chi connectivity index (χ3n) is 6.11. The van der Waals surface area contributed by atoms with Crippen LogP contribution in [0.4, 0.5) is 5.82 Å². The lowest BCUT2D eigenvalue weighted by atomic mass is 9.95. The van der Waals surface area contributed by atoms with Gasteiger partial charge >= 0.3 is 0 Å². The zero-order valence-corrected chi connectivity index (χ0v) is 17.8. The Bertz CT molecular complexity index is 1210. The molecule has 0 spiro atoms. The minimum atomic E-state index is 0.472. The molecular weight excluding hydrogens is 388 g/mol. The SMILES string of the molecule is CCOc1ccc2cc(-c3nc(N)c4cnn(CCC5CCNCC5)c4n3)ccc2c1. The van der Waals surface area contributed by atoms with Crippen LogP contribution < -0.4 is 15.8 Å². The summed E-state index contributed by atoms with van der Waals surface area (Å²) >= 11 is 0. The van der Waals surface area contributed by atoms with Gasteiger partial charge in [0.1, 0.15) is 11.6 Å². The van der Waals surface area contributed by atoms with Crippen molar-refractivity contribution in [2.24, 2.45) is 5.92 Å². The highest BCUT2D eigenvalue weighted by atomic mass is 16.5. The van der Waals surface area contributed by atoms with E-state index < -0.39 is 0 Å². The number of nitrogen functional groups attached to an aromatic ring is 1. The number of benzene rings is 2. The number of ether oxygens (including phenoxy) is 1. The Morgan fingerprint density at radius 3 is 2.74 bits per heavy atom. The van der Waals surface area contributed by atoms with Gasteiger partial charge in [0.25, 0.3) is 0 Å². The van der Waals surface area contributed by atoms with Gasteiger partial charge in [0.05, 0.1) is 18.2 Å². The van der Waals surface area contributed by atoms with E-state index in [0.29, 0.717) is 18.2 Å². The molecule has 0 radical (unpaired) electrons. The number of hydrogen-bond acceptors (Lipinski definition) is 6. The first-order chi connectivity index (χ1) is 15.2. The Hall–Kier alpha value is -3.19. The number of nitrogens with zero attached hydrogens (tertiary/aromatic N) is 4. The Morgan fingerprint density at radius 2 is 1.90 bits per heavy atom. The molecule has 0 saturated carbocycles. The second-order valence-electron chi connectivity index (χ2n) is 8.18. The molecule has 7 nitrogen and oxygen atoms in total. The topological polar surface area (TPSA) is 90.9 Å². The molecule has 3 N–H and O–H groups in total. The van der Waals surface area contributed by atoms with E-state index in [0.717, 1.165) is 65.1 Å². The molecule has 5 rings (SSSR count). The average Bonchev–Trinajstić information content (AvgIpc) is 3.22. The standard InChI is InChI=1S/C24H28N6O/c1-2-31-20-6-5-17-13-19(4-3-18(17)14-20)23-28-22(25)21-15-27-30(24(21)29-23)12-9-16-7-10-26-11-8-16/h3-6,13-16,26H,2,7-12H2,1H3,(H2,25,28,29). The summed E-state index contributed by atoms with van der Waals surface area (Å²) in [5.74, 6) is 2.72. The van der Waals surface area contributed by atoms with Gasteiger partial charge in [0.2, 0.25) is 0 Å². The number of rotatable bonds is 6. The smallest absolute Gasteiger partial charge is 0.164 e. The summed E-state index contributed by atoms with van der Waals surface area (Å²) in [7, 11) is 0. The van der Waals surface area contributed by atoms with Gasteiger partial charge in [-0.05, 0) is 74.2 Å². The van der Waals surface area contributed by atoms with E-state index in [1.165, 1.54) is 12.8 Å². The predicted octanol–water partition coefficient (Wildman–Crippen LogP) is 4.02. The summed E-state index contributed by atoms with van der Waals surface area (Å²) in [5.41, 5.74) is 8.03. The maximum absolute atomic E-state index is 6.28. The first kappa shape index (κ1) is 19.8. The number of hydrogen-bond donors (Lipinski definition) is 2. The van der Waals surface area contributed by atoms with E-state index >= 15 is 0 Å². The number of piperidine rings is 1. The van der Waals surface area contributed by atoms with E-state index in [-0.39, 0.29) is 0 Å². The third-order valence-corrected chi connectivity index (χ3v) is 6.11. The van der Waals surface area contributed by atoms with Crippen molar-refractivity contribution in [1.29, 1.82) is 0 Å². The predicted molar refractivity (Wildman–Crippen MR) is 124 cm³/mol. The molecule has 1 aliphatic rings. The quantitative estimate of drug-likeness (QED) is 0.493. The molecule has 1 fully saturated rings. The van der Waals surface area contributed by atoms with Crippen LogP contribution in [0.5, 0.6) is 5.75 Å². The zero-order chi connectivity index (χ0) is 21.2. The molecule has 0 amide bonds. The van der Waals surface area contributed by atoms with Crippen LogP contribution in [0.3, 0.4) is 0 Å². The highest BCUT2D eigenvalue weighted by Gasteiger charge is 2.16. The lowest BCUT2D eigenvalue weighted by Gasteiger charge is -2.22. The normalized spacial score (nSPS) is 15.0. The van der Waals surface area contributed by atoms with Crippen LogP contribution in [0.25, 0.3) is 33.2 Å². The third kappa shape index (κ3) is 4.05. The summed E-state index contributed by atoms with van der Waals surface area (Å²) in [6, 6.07) is 12.3. The van der Waals surface area contributed by atoms with Crippen molar-refractivity contribution < 1.29 is 4.74 Å². The fourth-order valence-electron chi connectivity index (χ4n) is 4.36. The van der Waals surface area contributed by atoms with Crippen LogP contribution in [0.2, 0.25) is 0 Å². The molecule has 160 valence electrons. The first-order valence-corrected chi connectivity index (χ1v) is 11.1. The maximum atomic E-state index is 6.28. The minimum Gasteiger partial charge on any atom is -0.494 e. The van der Waals surface area contributed by atoms with Crippen molar-refractivity contribution in [3.05, 3.63) is 42.6 Å². The van der Waals surface area contributed by atoms with Gasteiger partial charge in [-0.1, -0.05) is 18.2 Å². The second kappa shape index (κ2) is 8.51. The number of aromatic nitrogens is 4. The summed E-state index contributed by atoms with van der Waals surface area (Å²) in [4.78, 5) is 9.43. The van der Waals surface area contributed by atoms with Crippen molar-refractivity contribution in [3.8, 4) is 17.1 Å². The zero-order valence-electron chi connectivity index (χ0n) is 17.8. The van der Waals surface area contributed by atoms with Gasteiger partial charge in [-0.3, -0.25) is 0 Å². The first-order valence-electron chi connectivity index (χ1n) is 11.1. The van der Waals surface area contributed by atoms with Crippen LogP contribution in [0.15, 0.2) is 42.6 Å². The molecule has 2 aromatic carbocycles. The Kier molecular flexibility index (Phi) is 5.42. The molecule has 1 aliphatic heterocycles. The fourth-order valence-corrected chi connectivity index (χ4v) is 4.36. The number of anilines is 1. The van der Waals surface area contributed by atoms with E-state index in [1.54, 1.807) is 6.20 Å². The molecule has 0 atom stereocenters. The monoisotopic (exact) mass is 416 g/mol. The highest BCUT2D eigenvalue weighted by molar-refractivity contribution is 5.90. The molecule has 0 unspecified atom stereocenters. The van der Waals surface area contributed by atoms with Crippen molar-refractivity contribution >= 4 is 27.6 Å². The Morgan fingerprint density at radius 1 is 1.10 bits per heavy atom. The largest absolute Gasteiger partial charge is 0.494 e. The number of nitrogens with one attached hydrogen (secondary N) is 1. The molecule has 0 aliphatic carbocycles. The van der Waals surface area contributed by atoms with Crippen LogP contribution in [0.1, 0.15) is 26.2 Å². The van der Waals surface area contributed by atoms with E-state index in [2.05, 4.69) is 39.7 Å². The van der Waals surface area contributed by atoms with Crippen molar-refractivity contribution in [2.75, 3.05) is 25.4 Å². The van der Waals surface area contributed by atoms with Crippen LogP contribution in [-0.4, -0.2) is 39.4 Å². The number of aryl methyl sites for hydroxylation is 1. The van der Waals surface area contributed by atoms with Crippen molar-refractivity contribution in [3.63, 3.8) is 0 Å². The molecule has 7 heteroatoms. The summed E-state index contributed by atoms with van der Waals surface area (Å²) in [5, 5.41) is 11.0. The number of nitrogens with two attached hydrogens (primary N) is 1. The van der Waals surface area contributed by atoms with Gasteiger partial charge in [-0.25, -0.2) is 14.6 Å². The lowest BCUT2D eigenvalue weighted by Crippen LogP contribution is -2.28. The van der Waals surface area contributed by atoms with E-state index in [4.69, 9.17) is 15.5 Å². The minimum absolute atomic E-state index is 0.472. The van der Waals surface area contributed by atoms with Crippen LogP contribution >= 0.6 is 0 Å². The van der Waals surface area contributed by atoms with Crippen molar-refractivity contribution in [2.45, 2.75) is 32.7 Å². The summed E-state index contributed by atoms with van der Waals surface area (Å²) < 4.78 is 7.59. The lowest BCUT2D eigenvalue weighted by molar-refractivity contribution is 0.334. The van der Waals surface area contributed by atoms with Crippen LogP contribution in [-0.2, 0) is 6.54 Å². The second-order valence-corrected chi connectivity index (χ2v) is 8.18. The van der Waals surface area contributed by atoms with E-state index in [1.807, 2.05) is 23.7 Å². The van der Waals surface area contributed by atoms with Gasteiger partial charge < -0.3 is 15.8 Å². The van der Waals surface area contributed by atoms with Crippen LogP contribution in [0, 0.1) is 5.92 Å². The fraction of sp³-hybridized carbons (Fsp3) is 0.375. The Labute approximate surface area is 181 Å². The van der Waals surface area contributed by atoms with E-state index in [9.17, 15) is 0 Å².